The van der Waals surface area contributed by atoms with Crippen molar-refractivity contribution in [3.63, 3.8) is 0 Å². The summed E-state index contributed by atoms with van der Waals surface area (Å²) in [5, 5.41) is -0.905. The fourth-order valence-corrected chi connectivity index (χ4v) is 1.31. The first-order valence-corrected chi connectivity index (χ1v) is 3.98. The van der Waals surface area contributed by atoms with Gasteiger partial charge in [-0.15, -0.1) is 0 Å². The van der Waals surface area contributed by atoms with Crippen LogP contribution in [-0.4, -0.2) is 5.24 Å². The smallest absolute Gasteiger partial charge is 0.255 e. The molecule has 0 bridgehead atoms. The number of carbonyl (C=O) groups excluding carboxylic acids is 1. The molecule has 0 amide bonds. The van der Waals surface area contributed by atoms with Gasteiger partial charge in [0.2, 0.25) is 0 Å². The highest BCUT2D eigenvalue weighted by Crippen LogP contribution is 2.21. The van der Waals surface area contributed by atoms with E-state index < -0.39 is 16.9 Å². The SMILES string of the molecule is Cc1c(F)cc(F)c(C(=O)Cl)c1C. The Morgan fingerprint density at radius 2 is 1.77 bits per heavy atom. The van der Waals surface area contributed by atoms with Crippen LogP contribution in [0.1, 0.15) is 21.5 Å². The first-order chi connectivity index (χ1) is 5.95. The molecule has 70 valence electrons. The Morgan fingerprint density at radius 3 is 2.23 bits per heavy atom. The van der Waals surface area contributed by atoms with Crippen molar-refractivity contribution < 1.29 is 13.6 Å². The van der Waals surface area contributed by atoms with Crippen LogP contribution in [-0.2, 0) is 0 Å². The Bertz CT molecular complexity index is 374. The lowest BCUT2D eigenvalue weighted by molar-refractivity contribution is 0.107. The fraction of sp³-hybridized carbons (Fsp3) is 0.222. The molecule has 0 aromatic heterocycles. The van der Waals surface area contributed by atoms with Gasteiger partial charge in [-0.2, -0.15) is 0 Å². The molecule has 0 saturated heterocycles. The molecule has 0 radical (unpaired) electrons. The summed E-state index contributed by atoms with van der Waals surface area (Å²) >= 11 is 5.14. The first kappa shape index (κ1) is 10.1. The monoisotopic (exact) mass is 204 g/mol. The van der Waals surface area contributed by atoms with E-state index in [0.29, 0.717) is 6.07 Å². The Hall–Kier alpha value is -0.960. The highest BCUT2D eigenvalue weighted by atomic mass is 35.5. The van der Waals surface area contributed by atoms with Gasteiger partial charge in [0.15, 0.2) is 0 Å². The van der Waals surface area contributed by atoms with Crippen LogP contribution in [0, 0.1) is 25.5 Å². The lowest BCUT2D eigenvalue weighted by Crippen LogP contribution is -2.02. The summed E-state index contributed by atoms with van der Waals surface area (Å²) in [6, 6.07) is 0.665. The van der Waals surface area contributed by atoms with Crippen LogP contribution in [0.5, 0.6) is 0 Å². The molecule has 1 rings (SSSR count). The molecule has 0 aliphatic heterocycles. The lowest BCUT2D eigenvalue weighted by atomic mass is 10.0. The molecule has 13 heavy (non-hydrogen) atoms. The van der Waals surface area contributed by atoms with E-state index in [1.165, 1.54) is 13.8 Å². The van der Waals surface area contributed by atoms with Crippen LogP contribution in [0.15, 0.2) is 6.07 Å². The van der Waals surface area contributed by atoms with Gasteiger partial charge >= 0.3 is 0 Å². The molecule has 0 aliphatic carbocycles. The van der Waals surface area contributed by atoms with E-state index in [4.69, 9.17) is 11.6 Å². The predicted octanol–water partition coefficient (Wildman–Crippen LogP) is 2.96. The van der Waals surface area contributed by atoms with E-state index in [1.54, 1.807) is 0 Å². The standard InChI is InChI=1S/C9H7ClF2O/c1-4-5(2)8(9(10)13)7(12)3-6(4)11/h3H,1-2H3. The molecular formula is C9H7ClF2O. The van der Waals surface area contributed by atoms with Crippen LogP contribution in [0.2, 0.25) is 0 Å². The summed E-state index contributed by atoms with van der Waals surface area (Å²) in [5.74, 6) is -1.59. The van der Waals surface area contributed by atoms with Crippen LogP contribution in [0.25, 0.3) is 0 Å². The predicted molar refractivity (Wildman–Crippen MR) is 46.0 cm³/mol. The summed E-state index contributed by atoms with van der Waals surface area (Å²) in [6.45, 7) is 2.92. The van der Waals surface area contributed by atoms with Gasteiger partial charge < -0.3 is 0 Å². The van der Waals surface area contributed by atoms with E-state index in [-0.39, 0.29) is 16.7 Å². The average molecular weight is 205 g/mol. The molecular weight excluding hydrogens is 198 g/mol. The third kappa shape index (κ3) is 1.70. The molecule has 0 heterocycles. The molecule has 4 heteroatoms. The topological polar surface area (TPSA) is 17.1 Å². The van der Waals surface area contributed by atoms with Crippen LogP contribution >= 0.6 is 11.6 Å². The van der Waals surface area contributed by atoms with Gasteiger partial charge in [-0.25, -0.2) is 8.78 Å². The number of hydrogen-bond donors (Lipinski definition) is 0. The zero-order valence-electron chi connectivity index (χ0n) is 7.12. The second-order valence-electron chi connectivity index (χ2n) is 2.74. The van der Waals surface area contributed by atoms with Gasteiger partial charge in [0.05, 0.1) is 5.56 Å². The van der Waals surface area contributed by atoms with E-state index in [2.05, 4.69) is 0 Å². The molecule has 0 N–H and O–H groups in total. The third-order valence-corrected chi connectivity index (χ3v) is 2.17. The van der Waals surface area contributed by atoms with Crippen molar-refractivity contribution in [2.75, 3.05) is 0 Å². The average Bonchev–Trinajstić information content (AvgIpc) is 1.99. The van der Waals surface area contributed by atoms with E-state index >= 15 is 0 Å². The zero-order chi connectivity index (χ0) is 10.2. The van der Waals surface area contributed by atoms with Crippen molar-refractivity contribution in [1.82, 2.24) is 0 Å². The highest BCUT2D eigenvalue weighted by molar-refractivity contribution is 6.68. The second kappa shape index (κ2) is 3.42. The summed E-state index contributed by atoms with van der Waals surface area (Å²) in [7, 11) is 0. The van der Waals surface area contributed by atoms with Gasteiger partial charge in [-0.05, 0) is 36.6 Å². The first-order valence-electron chi connectivity index (χ1n) is 3.60. The minimum absolute atomic E-state index is 0.241. The van der Waals surface area contributed by atoms with Crippen molar-refractivity contribution >= 4 is 16.8 Å². The van der Waals surface area contributed by atoms with Gasteiger partial charge in [0.1, 0.15) is 11.6 Å². The lowest BCUT2D eigenvalue weighted by Gasteiger charge is -2.06. The quantitative estimate of drug-likeness (QED) is 0.643. The largest absolute Gasteiger partial charge is 0.275 e. The van der Waals surface area contributed by atoms with Crippen LogP contribution < -0.4 is 0 Å². The Morgan fingerprint density at radius 1 is 1.23 bits per heavy atom. The van der Waals surface area contributed by atoms with Crippen molar-refractivity contribution in [2.24, 2.45) is 0 Å². The molecule has 0 unspecified atom stereocenters. The van der Waals surface area contributed by atoms with E-state index in [1.807, 2.05) is 0 Å². The maximum absolute atomic E-state index is 13.0. The molecule has 0 aliphatic rings. The van der Waals surface area contributed by atoms with Crippen molar-refractivity contribution in [2.45, 2.75) is 13.8 Å². The molecule has 1 aromatic rings. The van der Waals surface area contributed by atoms with Gasteiger partial charge in [-0.1, -0.05) is 0 Å². The van der Waals surface area contributed by atoms with Gasteiger partial charge in [0, 0.05) is 6.07 Å². The number of benzene rings is 1. The van der Waals surface area contributed by atoms with Crippen molar-refractivity contribution in [3.8, 4) is 0 Å². The van der Waals surface area contributed by atoms with E-state index in [0.717, 1.165) is 0 Å². The van der Waals surface area contributed by atoms with Crippen LogP contribution in [0.4, 0.5) is 8.78 Å². The summed E-state index contributed by atoms with van der Waals surface area (Å²) in [6.07, 6.45) is 0. The zero-order valence-corrected chi connectivity index (χ0v) is 7.88. The Labute approximate surface area is 79.3 Å². The Kier molecular flexibility index (Phi) is 2.66. The molecule has 1 nitrogen and oxygen atoms in total. The van der Waals surface area contributed by atoms with Crippen molar-refractivity contribution in [1.29, 1.82) is 0 Å². The van der Waals surface area contributed by atoms with Gasteiger partial charge in [0.25, 0.3) is 5.24 Å². The molecule has 1 aromatic carbocycles. The molecule has 0 saturated carbocycles. The minimum atomic E-state index is -0.916. The third-order valence-electron chi connectivity index (χ3n) is 1.98. The molecule has 0 spiro atoms. The molecule has 0 atom stereocenters. The molecule has 0 fully saturated rings. The van der Waals surface area contributed by atoms with Crippen molar-refractivity contribution in [3.05, 3.63) is 34.4 Å². The summed E-state index contributed by atoms with van der Waals surface area (Å²) in [4.78, 5) is 10.8. The summed E-state index contributed by atoms with van der Waals surface area (Å²) in [5.41, 5.74) is 0.239. The number of hydrogen-bond acceptors (Lipinski definition) is 1. The fourth-order valence-electron chi connectivity index (χ4n) is 1.08. The van der Waals surface area contributed by atoms with Crippen LogP contribution in [0.3, 0.4) is 0 Å². The highest BCUT2D eigenvalue weighted by Gasteiger charge is 2.16. The Balaban J connectivity index is 3.53. The number of halogens is 3. The van der Waals surface area contributed by atoms with E-state index in [9.17, 15) is 13.6 Å². The number of rotatable bonds is 1. The normalized spacial score (nSPS) is 10.2. The second-order valence-corrected chi connectivity index (χ2v) is 3.08. The minimum Gasteiger partial charge on any atom is -0.275 e. The maximum atomic E-state index is 13.0. The number of carbonyl (C=O) groups is 1. The van der Waals surface area contributed by atoms with Gasteiger partial charge in [-0.3, -0.25) is 4.79 Å². The summed E-state index contributed by atoms with van der Waals surface area (Å²) < 4.78 is 25.9. The maximum Gasteiger partial charge on any atom is 0.255 e.